The highest BCUT2D eigenvalue weighted by molar-refractivity contribution is 7.98. The van der Waals surface area contributed by atoms with Gasteiger partial charge in [-0.3, -0.25) is 9.69 Å². The number of nitrogens with one attached hydrogen (secondary N) is 2. The highest BCUT2D eigenvalue weighted by Crippen LogP contribution is 2.15. The number of thiol groups is 1. The molecule has 0 saturated heterocycles. The molecule has 1 aromatic carbocycles. The van der Waals surface area contributed by atoms with Gasteiger partial charge in [-0.15, -0.1) is 0 Å². The molecule has 1 amide bonds. The van der Waals surface area contributed by atoms with Gasteiger partial charge in [-0.2, -0.15) is 24.4 Å². The fourth-order valence-corrected chi connectivity index (χ4v) is 4.08. The Morgan fingerprint density at radius 3 is 2.45 bits per heavy atom. The molecule has 0 fully saturated rings. The van der Waals surface area contributed by atoms with Crippen LogP contribution in [0.25, 0.3) is 0 Å². The second kappa shape index (κ2) is 16.4. The monoisotopic (exact) mass is 498 g/mol. The molecule has 1 aromatic rings. The summed E-state index contributed by atoms with van der Waals surface area (Å²) in [5.74, 6) is 0.372. The van der Waals surface area contributed by atoms with Crippen LogP contribution >= 0.6 is 24.4 Å². The number of carboxylic acids is 1. The van der Waals surface area contributed by atoms with Crippen LogP contribution in [0.5, 0.6) is 0 Å². The van der Waals surface area contributed by atoms with Crippen LogP contribution in [0.2, 0.25) is 0 Å². The summed E-state index contributed by atoms with van der Waals surface area (Å²) < 4.78 is 0. The highest BCUT2D eigenvalue weighted by Gasteiger charge is 2.29. The van der Waals surface area contributed by atoms with Crippen LogP contribution in [0.4, 0.5) is 0 Å². The summed E-state index contributed by atoms with van der Waals surface area (Å²) in [6, 6.07) is 8.72. The number of aliphatic carboxylic acids is 1. The lowest BCUT2D eigenvalue weighted by molar-refractivity contribution is -0.142. The van der Waals surface area contributed by atoms with E-state index < -0.39 is 18.1 Å². The Morgan fingerprint density at radius 2 is 1.91 bits per heavy atom. The molecular formula is C24H42N4O3S2. The van der Waals surface area contributed by atoms with Gasteiger partial charge in [0.05, 0.1) is 6.04 Å². The highest BCUT2D eigenvalue weighted by atomic mass is 32.2. The van der Waals surface area contributed by atoms with Crippen molar-refractivity contribution < 1.29 is 14.7 Å². The molecule has 0 aliphatic carbocycles. The predicted molar refractivity (Wildman–Crippen MR) is 142 cm³/mol. The zero-order valence-corrected chi connectivity index (χ0v) is 22.1. The Kier molecular flexibility index (Phi) is 14.8. The van der Waals surface area contributed by atoms with Crippen molar-refractivity contribution in [1.82, 2.24) is 15.5 Å². The second-order valence-electron chi connectivity index (χ2n) is 8.61. The van der Waals surface area contributed by atoms with E-state index in [2.05, 4.69) is 42.0 Å². The van der Waals surface area contributed by atoms with Crippen LogP contribution < -0.4 is 16.4 Å². The molecule has 0 bridgehead atoms. The summed E-state index contributed by atoms with van der Waals surface area (Å²) >= 11 is 5.85. The van der Waals surface area contributed by atoms with Crippen LogP contribution in [0.3, 0.4) is 0 Å². The SMILES string of the molecule is CC[C@H](C)[C@@H](CN(Cc1ccccc1)[C@H](C)C(=O)N[C@@H](CCSC)C(=O)O)NC[C@@H](N)CS. The predicted octanol–water partition coefficient (Wildman–Crippen LogP) is 2.46. The number of carbonyl (C=O) groups is 2. The largest absolute Gasteiger partial charge is 0.480 e. The van der Waals surface area contributed by atoms with Crippen molar-refractivity contribution in [3.63, 3.8) is 0 Å². The zero-order valence-electron chi connectivity index (χ0n) is 20.4. The van der Waals surface area contributed by atoms with Gasteiger partial charge in [0.2, 0.25) is 5.91 Å². The fourth-order valence-electron chi connectivity index (χ4n) is 3.48. The average molecular weight is 499 g/mol. The van der Waals surface area contributed by atoms with E-state index in [1.807, 2.05) is 43.5 Å². The van der Waals surface area contributed by atoms with Gasteiger partial charge in [0.15, 0.2) is 0 Å². The number of hydrogen-bond acceptors (Lipinski definition) is 7. The maximum atomic E-state index is 13.1. The molecule has 5 N–H and O–H groups in total. The van der Waals surface area contributed by atoms with Crippen LogP contribution in [0.1, 0.15) is 39.2 Å². The van der Waals surface area contributed by atoms with Gasteiger partial charge in [0, 0.05) is 37.5 Å². The van der Waals surface area contributed by atoms with Crippen molar-refractivity contribution in [1.29, 1.82) is 0 Å². The Morgan fingerprint density at radius 1 is 1.24 bits per heavy atom. The van der Waals surface area contributed by atoms with Crippen LogP contribution in [-0.2, 0) is 16.1 Å². The Bertz CT molecular complexity index is 696. The normalized spacial score (nSPS) is 16.1. The van der Waals surface area contributed by atoms with E-state index in [1.165, 1.54) is 0 Å². The van der Waals surface area contributed by atoms with E-state index in [-0.39, 0.29) is 18.0 Å². The minimum atomic E-state index is -1.00. The summed E-state index contributed by atoms with van der Waals surface area (Å²) in [6.45, 7) is 8.06. The molecule has 33 heavy (non-hydrogen) atoms. The van der Waals surface area contributed by atoms with Crippen LogP contribution in [0.15, 0.2) is 30.3 Å². The molecular weight excluding hydrogens is 456 g/mol. The number of nitrogens with zero attached hydrogens (tertiary/aromatic N) is 1. The number of hydrogen-bond donors (Lipinski definition) is 5. The molecule has 0 saturated carbocycles. The van der Waals surface area contributed by atoms with Gasteiger partial charge >= 0.3 is 5.97 Å². The first-order chi connectivity index (χ1) is 15.7. The van der Waals surface area contributed by atoms with Crippen LogP contribution in [0, 0.1) is 5.92 Å². The van der Waals surface area contributed by atoms with Gasteiger partial charge in [-0.05, 0) is 36.8 Å². The molecule has 0 heterocycles. The number of rotatable bonds is 17. The minimum Gasteiger partial charge on any atom is -0.480 e. The molecule has 0 spiro atoms. The maximum absolute atomic E-state index is 13.1. The molecule has 0 aliphatic rings. The molecule has 9 heteroatoms. The third kappa shape index (κ3) is 11.1. The lowest BCUT2D eigenvalue weighted by Gasteiger charge is -2.35. The number of nitrogens with two attached hydrogens (primary N) is 1. The van der Waals surface area contributed by atoms with Crippen molar-refractivity contribution >= 4 is 36.3 Å². The topological polar surface area (TPSA) is 108 Å². The molecule has 1 rings (SSSR count). The molecule has 0 aromatic heterocycles. The van der Waals surface area contributed by atoms with Gasteiger partial charge in [0.25, 0.3) is 0 Å². The van der Waals surface area contributed by atoms with E-state index in [0.29, 0.717) is 43.5 Å². The lowest BCUT2D eigenvalue weighted by atomic mass is 9.97. The first kappa shape index (κ1) is 29.8. The van der Waals surface area contributed by atoms with E-state index in [4.69, 9.17) is 5.73 Å². The Hall–Kier alpha value is -1.26. The van der Waals surface area contributed by atoms with Gasteiger partial charge in [-0.25, -0.2) is 4.79 Å². The number of thioether (sulfide) groups is 1. The summed E-state index contributed by atoms with van der Waals surface area (Å²) in [5.41, 5.74) is 7.18. The van der Waals surface area contributed by atoms with Crippen molar-refractivity contribution in [2.45, 2.75) is 64.3 Å². The van der Waals surface area contributed by atoms with E-state index in [9.17, 15) is 14.7 Å². The first-order valence-electron chi connectivity index (χ1n) is 11.6. The fraction of sp³-hybridized carbons (Fsp3) is 0.667. The minimum absolute atomic E-state index is 0.0454. The number of carboxylic acid groups (broad SMARTS) is 1. The average Bonchev–Trinajstić information content (AvgIpc) is 2.82. The summed E-state index contributed by atoms with van der Waals surface area (Å²) in [6.07, 6.45) is 3.31. The van der Waals surface area contributed by atoms with E-state index >= 15 is 0 Å². The maximum Gasteiger partial charge on any atom is 0.326 e. The third-order valence-corrected chi connectivity index (χ3v) is 7.13. The zero-order chi connectivity index (χ0) is 24.8. The Labute approximate surface area is 209 Å². The summed E-state index contributed by atoms with van der Waals surface area (Å²) in [7, 11) is 0. The summed E-state index contributed by atoms with van der Waals surface area (Å²) in [4.78, 5) is 26.9. The lowest BCUT2D eigenvalue weighted by Crippen LogP contribution is -2.55. The van der Waals surface area contributed by atoms with Crippen molar-refractivity contribution in [2.75, 3.05) is 30.9 Å². The number of carbonyl (C=O) groups excluding carboxylic acids is 1. The first-order valence-corrected chi connectivity index (χ1v) is 13.7. The smallest absolute Gasteiger partial charge is 0.326 e. The van der Waals surface area contributed by atoms with Gasteiger partial charge in [-0.1, -0.05) is 50.6 Å². The van der Waals surface area contributed by atoms with E-state index in [0.717, 1.165) is 12.0 Å². The number of benzene rings is 1. The molecule has 5 atom stereocenters. The standard InChI is InChI=1S/C24H42N4O3S2/c1-5-17(2)22(26-13-20(25)16-32)15-28(14-19-9-7-6-8-10-19)18(3)23(29)27-21(24(30)31)11-12-33-4/h6-10,17-18,20-22,26,32H,5,11-16,25H2,1-4H3,(H,27,29)(H,30,31)/t17-,18+,20+,21-,22+/m0/s1. The molecule has 7 nitrogen and oxygen atoms in total. The quantitative estimate of drug-likeness (QED) is 0.210. The molecule has 0 unspecified atom stereocenters. The Balaban J connectivity index is 3.05. The molecule has 0 radical (unpaired) electrons. The van der Waals surface area contributed by atoms with Gasteiger partial charge in [0.1, 0.15) is 6.04 Å². The van der Waals surface area contributed by atoms with E-state index in [1.54, 1.807) is 11.8 Å². The van der Waals surface area contributed by atoms with Crippen molar-refractivity contribution in [2.24, 2.45) is 11.7 Å². The van der Waals surface area contributed by atoms with Gasteiger partial charge < -0.3 is 21.5 Å². The van der Waals surface area contributed by atoms with Crippen molar-refractivity contribution in [3.05, 3.63) is 35.9 Å². The molecule has 0 aliphatic heterocycles. The van der Waals surface area contributed by atoms with Crippen LogP contribution in [-0.4, -0.2) is 76.9 Å². The van der Waals surface area contributed by atoms with Crippen molar-refractivity contribution in [3.8, 4) is 0 Å². The second-order valence-corrected chi connectivity index (χ2v) is 9.97. The molecule has 188 valence electrons. The summed E-state index contributed by atoms with van der Waals surface area (Å²) in [5, 5.41) is 15.9. The third-order valence-electron chi connectivity index (χ3n) is 6.02. The number of amides is 1.